The van der Waals surface area contributed by atoms with Crippen LogP contribution in [0.15, 0.2) is 54.6 Å². The van der Waals surface area contributed by atoms with E-state index < -0.39 is 0 Å². The molecule has 104 valence electrons. The predicted octanol–water partition coefficient (Wildman–Crippen LogP) is 3.28. The lowest BCUT2D eigenvalue weighted by molar-refractivity contribution is -0.116. The van der Waals surface area contributed by atoms with Gasteiger partial charge in [0.2, 0.25) is 5.91 Å². The summed E-state index contributed by atoms with van der Waals surface area (Å²) >= 11 is 0. The minimum Gasteiger partial charge on any atom is -0.326 e. The molecule has 1 unspecified atom stereocenters. The van der Waals surface area contributed by atoms with Crippen LogP contribution in [0.1, 0.15) is 30.5 Å². The molecule has 0 saturated carbocycles. The van der Waals surface area contributed by atoms with Crippen molar-refractivity contribution in [2.45, 2.75) is 25.8 Å². The molecule has 0 heterocycles. The van der Waals surface area contributed by atoms with E-state index in [1.165, 1.54) is 5.56 Å². The van der Waals surface area contributed by atoms with E-state index in [2.05, 4.69) is 12.2 Å². The Morgan fingerprint density at radius 3 is 2.35 bits per heavy atom. The smallest absolute Gasteiger partial charge is 0.226 e. The lowest BCUT2D eigenvalue weighted by Gasteiger charge is -2.12. The quantitative estimate of drug-likeness (QED) is 0.874. The van der Waals surface area contributed by atoms with Gasteiger partial charge in [-0.1, -0.05) is 49.4 Å². The fourth-order valence-electron chi connectivity index (χ4n) is 2.05. The maximum Gasteiger partial charge on any atom is 0.226 e. The maximum atomic E-state index is 12.0. The van der Waals surface area contributed by atoms with Gasteiger partial charge in [-0.2, -0.15) is 0 Å². The second kappa shape index (κ2) is 6.87. The number of rotatable bonds is 5. The lowest BCUT2D eigenvalue weighted by Crippen LogP contribution is -2.20. The van der Waals surface area contributed by atoms with Crippen LogP contribution in [0.25, 0.3) is 0 Å². The Kier molecular flexibility index (Phi) is 4.91. The molecule has 0 aliphatic rings. The number of aryl methyl sites for hydroxylation is 1. The van der Waals surface area contributed by atoms with Crippen LogP contribution >= 0.6 is 0 Å². The van der Waals surface area contributed by atoms with Crippen molar-refractivity contribution in [2.24, 2.45) is 5.73 Å². The molecule has 0 radical (unpaired) electrons. The van der Waals surface area contributed by atoms with Gasteiger partial charge in [-0.3, -0.25) is 4.79 Å². The first-order valence-electron chi connectivity index (χ1n) is 6.88. The van der Waals surface area contributed by atoms with Crippen molar-refractivity contribution < 1.29 is 4.79 Å². The van der Waals surface area contributed by atoms with E-state index in [-0.39, 0.29) is 18.4 Å². The Morgan fingerprint density at radius 1 is 1.10 bits per heavy atom. The summed E-state index contributed by atoms with van der Waals surface area (Å²) in [5.74, 6) is -0.0643. The molecule has 3 heteroatoms. The molecule has 0 aliphatic heterocycles. The van der Waals surface area contributed by atoms with Crippen molar-refractivity contribution in [1.82, 2.24) is 0 Å². The van der Waals surface area contributed by atoms with Gasteiger partial charge in [0.05, 0.1) is 0 Å². The molecule has 0 aromatic heterocycles. The molecule has 0 fully saturated rings. The summed E-state index contributed by atoms with van der Waals surface area (Å²) in [5.41, 5.74) is 9.08. The van der Waals surface area contributed by atoms with Crippen molar-refractivity contribution in [3.63, 3.8) is 0 Å². The van der Waals surface area contributed by atoms with Crippen molar-refractivity contribution in [2.75, 3.05) is 5.32 Å². The minimum absolute atomic E-state index is 0.0643. The van der Waals surface area contributed by atoms with Crippen molar-refractivity contribution >= 4 is 11.6 Å². The Morgan fingerprint density at radius 2 is 1.75 bits per heavy atom. The molecular weight excluding hydrogens is 248 g/mol. The molecule has 1 atom stereocenters. The zero-order valence-corrected chi connectivity index (χ0v) is 11.7. The molecule has 3 nitrogen and oxygen atoms in total. The highest BCUT2D eigenvalue weighted by Gasteiger charge is 2.11. The van der Waals surface area contributed by atoms with E-state index in [0.717, 1.165) is 17.7 Å². The number of nitrogens with one attached hydrogen (secondary N) is 1. The molecule has 0 aliphatic carbocycles. The normalized spacial score (nSPS) is 11.9. The summed E-state index contributed by atoms with van der Waals surface area (Å²) in [6, 6.07) is 17.3. The largest absolute Gasteiger partial charge is 0.326 e. The second-order valence-corrected chi connectivity index (χ2v) is 4.82. The molecule has 1 amide bonds. The summed E-state index contributed by atoms with van der Waals surface area (Å²) < 4.78 is 0. The number of nitrogens with two attached hydrogens (primary N) is 1. The highest BCUT2D eigenvalue weighted by Crippen LogP contribution is 2.15. The zero-order chi connectivity index (χ0) is 14.4. The van der Waals surface area contributed by atoms with Crippen LogP contribution in [0.2, 0.25) is 0 Å². The molecule has 0 saturated heterocycles. The number of anilines is 1. The molecule has 2 aromatic rings. The van der Waals surface area contributed by atoms with Gasteiger partial charge in [0, 0.05) is 18.2 Å². The monoisotopic (exact) mass is 268 g/mol. The third-order valence-electron chi connectivity index (χ3n) is 3.28. The summed E-state index contributed by atoms with van der Waals surface area (Å²) in [5, 5.41) is 2.87. The van der Waals surface area contributed by atoms with E-state index in [9.17, 15) is 4.79 Å². The van der Waals surface area contributed by atoms with Crippen LogP contribution in [0.4, 0.5) is 5.69 Å². The molecule has 2 aromatic carbocycles. The first-order valence-corrected chi connectivity index (χ1v) is 6.88. The predicted molar refractivity (Wildman–Crippen MR) is 82.4 cm³/mol. The number of hydrogen-bond acceptors (Lipinski definition) is 2. The van der Waals surface area contributed by atoms with Crippen molar-refractivity contribution in [3.8, 4) is 0 Å². The second-order valence-electron chi connectivity index (χ2n) is 4.82. The van der Waals surface area contributed by atoms with Gasteiger partial charge in [-0.25, -0.2) is 0 Å². The molecule has 3 N–H and O–H groups in total. The topological polar surface area (TPSA) is 55.1 Å². The number of amides is 1. The van der Waals surface area contributed by atoms with E-state index in [0.29, 0.717) is 0 Å². The van der Waals surface area contributed by atoms with E-state index in [1.807, 2.05) is 54.6 Å². The average Bonchev–Trinajstić information content (AvgIpc) is 2.49. The zero-order valence-electron chi connectivity index (χ0n) is 11.7. The first-order chi connectivity index (χ1) is 9.69. The van der Waals surface area contributed by atoms with Gasteiger partial charge < -0.3 is 11.1 Å². The highest BCUT2D eigenvalue weighted by atomic mass is 16.1. The van der Waals surface area contributed by atoms with Crippen LogP contribution in [0.5, 0.6) is 0 Å². The standard InChI is InChI=1S/C17H20N2O/c1-2-13-8-10-15(11-9-13)19-17(20)12-16(18)14-6-4-3-5-7-14/h3-11,16H,2,12,18H2,1H3,(H,19,20). The van der Waals surface area contributed by atoms with Gasteiger partial charge >= 0.3 is 0 Å². The van der Waals surface area contributed by atoms with Gasteiger partial charge in [-0.15, -0.1) is 0 Å². The molecule has 20 heavy (non-hydrogen) atoms. The van der Waals surface area contributed by atoms with Crippen LogP contribution in [0.3, 0.4) is 0 Å². The van der Waals surface area contributed by atoms with Gasteiger partial charge in [0.25, 0.3) is 0 Å². The Labute approximate surface area is 119 Å². The SMILES string of the molecule is CCc1ccc(NC(=O)CC(N)c2ccccc2)cc1. The van der Waals surface area contributed by atoms with Crippen molar-refractivity contribution in [1.29, 1.82) is 0 Å². The van der Waals surface area contributed by atoms with Crippen LogP contribution in [-0.2, 0) is 11.2 Å². The molecular formula is C17H20N2O. The summed E-state index contributed by atoms with van der Waals surface area (Å²) in [6.07, 6.45) is 1.27. The maximum absolute atomic E-state index is 12.0. The Bertz CT molecular complexity index is 549. The highest BCUT2D eigenvalue weighted by molar-refractivity contribution is 5.91. The molecule has 0 bridgehead atoms. The number of hydrogen-bond donors (Lipinski definition) is 2. The van der Waals surface area contributed by atoms with E-state index in [4.69, 9.17) is 5.73 Å². The minimum atomic E-state index is -0.272. The summed E-state index contributed by atoms with van der Waals surface area (Å²) in [4.78, 5) is 12.0. The van der Waals surface area contributed by atoms with Crippen LogP contribution in [0, 0.1) is 0 Å². The fourth-order valence-corrected chi connectivity index (χ4v) is 2.05. The Hall–Kier alpha value is -2.13. The van der Waals surface area contributed by atoms with Crippen LogP contribution in [-0.4, -0.2) is 5.91 Å². The molecule has 2 rings (SSSR count). The van der Waals surface area contributed by atoms with Gasteiger partial charge in [0.1, 0.15) is 0 Å². The fraction of sp³-hybridized carbons (Fsp3) is 0.235. The van der Waals surface area contributed by atoms with E-state index >= 15 is 0 Å². The lowest BCUT2D eigenvalue weighted by atomic mass is 10.0. The molecule has 0 spiro atoms. The number of benzene rings is 2. The van der Waals surface area contributed by atoms with Gasteiger partial charge in [-0.05, 0) is 29.7 Å². The van der Waals surface area contributed by atoms with Crippen LogP contribution < -0.4 is 11.1 Å². The average molecular weight is 268 g/mol. The summed E-state index contributed by atoms with van der Waals surface area (Å²) in [6.45, 7) is 2.10. The summed E-state index contributed by atoms with van der Waals surface area (Å²) in [7, 11) is 0. The number of carbonyl (C=O) groups excluding carboxylic acids is 1. The number of carbonyl (C=O) groups is 1. The third-order valence-corrected chi connectivity index (χ3v) is 3.28. The van der Waals surface area contributed by atoms with E-state index in [1.54, 1.807) is 0 Å². The third kappa shape index (κ3) is 3.93. The first kappa shape index (κ1) is 14.3. The van der Waals surface area contributed by atoms with Gasteiger partial charge in [0.15, 0.2) is 0 Å². The van der Waals surface area contributed by atoms with Crippen molar-refractivity contribution in [3.05, 3.63) is 65.7 Å². The Balaban J connectivity index is 1.91.